The minimum atomic E-state index is -1.03. The largest absolute Gasteiger partial charge is 1.00 e. The molecule has 0 aromatic carbocycles. The van der Waals surface area contributed by atoms with Crippen LogP contribution in [0.15, 0.2) is 11.8 Å². The van der Waals surface area contributed by atoms with Gasteiger partial charge in [-0.25, -0.2) is 0 Å². The maximum absolute atomic E-state index is 10.4. The number of carboxylic acid groups (broad SMARTS) is 1. The third-order valence-corrected chi connectivity index (χ3v) is 5.02. The Hall–Kier alpha value is -0.510. The number of carboxylic acids is 1. The topological polar surface area (TPSA) is 89.8 Å². The van der Waals surface area contributed by atoms with Crippen LogP contribution in [0.25, 0.3) is 0 Å². The van der Waals surface area contributed by atoms with Gasteiger partial charge in [-0.15, -0.1) is 0 Å². The van der Waals surface area contributed by atoms with Gasteiger partial charge in [0.25, 0.3) is 0 Å². The summed E-state index contributed by atoms with van der Waals surface area (Å²) in [4.78, 5) is 10.4. The Morgan fingerprint density at radius 1 is 1.42 bits per heavy atom. The van der Waals surface area contributed by atoms with Gasteiger partial charge in [-0.1, -0.05) is 31.6 Å². The molecule has 0 aromatic heterocycles. The molecule has 26 heavy (non-hydrogen) atoms. The minimum absolute atomic E-state index is 0. The Balaban J connectivity index is 0.00000338. The first-order valence-electron chi connectivity index (χ1n) is 9.44. The van der Waals surface area contributed by atoms with Gasteiger partial charge in [0.05, 0.1) is 17.8 Å². The van der Waals surface area contributed by atoms with Crippen molar-refractivity contribution in [1.82, 2.24) is 0 Å². The van der Waals surface area contributed by atoms with Gasteiger partial charge in [-0.2, -0.15) is 0 Å². The molecule has 0 spiro atoms. The fourth-order valence-electron chi connectivity index (χ4n) is 3.64. The van der Waals surface area contributed by atoms with Crippen molar-refractivity contribution in [2.24, 2.45) is 11.8 Å². The van der Waals surface area contributed by atoms with Crippen LogP contribution in [0.5, 0.6) is 0 Å². The Bertz CT molecular complexity index is 536. The number of unbranched alkanes of at least 4 members (excludes halogenated alkanes) is 3. The second-order valence-corrected chi connectivity index (χ2v) is 7.09. The molecule has 6 heteroatoms. The van der Waals surface area contributed by atoms with E-state index in [4.69, 9.17) is 4.74 Å². The van der Waals surface area contributed by atoms with Crippen LogP contribution in [0.2, 0.25) is 0 Å². The molecule has 2 rings (SSSR count). The van der Waals surface area contributed by atoms with Crippen molar-refractivity contribution >= 4 is 5.97 Å². The Morgan fingerprint density at radius 3 is 2.88 bits per heavy atom. The summed E-state index contributed by atoms with van der Waals surface area (Å²) < 4.78 is 5.89. The van der Waals surface area contributed by atoms with Crippen LogP contribution < -0.4 is 34.7 Å². The molecule has 5 atom stereocenters. The molecule has 0 unspecified atom stereocenters. The van der Waals surface area contributed by atoms with Gasteiger partial charge in [0, 0.05) is 24.7 Å². The fraction of sp³-hybridized carbons (Fsp3) is 0.750. The van der Waals surface area contributed by atoms with Gasteiger partial charge in [0.2, 0.25) is 0 Å². The summed E-state index contributed by atoms with van der Waals surface area (Å²) in [5.74, 6) is 5.82. The average Bonchev–Trinajstić information content (AvgIpc) is 3.06. The van der Waals surface area contributed by atoms with E-state index in [1.807, 2.05) is 6.08 Å². The zero-order chi connectivity index (χ0) is 18.2. The molecule has 0 aromatic rings. The molecule has 2 aliphatic rings. The van der Waals surface area contributed by atoms with Crippen molar-refractivity contribution in [1.29, 1.82) is 0 Å². The summed E-state index contributed by atoms with van der Waals surface area (Å²) in [5.41, 5.74) is 0. The number of allylic oxidation sites excluding steroid dienone is 2. The van der Waals surface area contributed by atoms with Gasteiger partial charge < -0.3 is 24.9 Å². The number of fused-ring (bicyclic) bond motifs is 1. The predicted octanol–water partition coefficient (Wildman–Crippen LogP) is -1.47. The SMILES string of the molecule is CCCCC[C@H](O)C#C[C@@H]1[C@H]2C/C(=C/CCCC(=O)[O-])O[C@H]2C[C@H]1O.[Na+]. The maximum Gasteiger partial charge on any atom is 1.00 e. The molecule has 2 N–H and O–H groups in total. The summed E-state index contributed by atoms with van der Waals surface area (Å²) in [6.07, 6.45) is 7.16. The van der Waals surface area contributed by atoms with E-state index in [2.05, 4.69) is 18.8 Å². The third-order valence-electron chi connectivity index (χ3n) is 5.02. The smallest absolute Gasteiger partial charge is 0.550 e. The quantitative estimate of drug-likeness (QED) is 0.308. The first-order valence-corrected chi connectivity index (χ1v) is 9.44. The van der Waals surface area contributed by atoms with Crippen LogP contribution in [0, 0.1) is 23.7 Å². The predicted molar refractivity (Wildman–Crippen MR) is 92.0 cm³/mol. The minimum Gasteiger partial charge on any atom is -0.550 e. The van der Waals surface area contributed by atoms with Gasteiger partial charge in [0.15, 0.2) is 0 Å². The molecule has 0 radical (unpaired) electrons. The molecule has 1 saturated carbocycles. The third kappa shape index (κ3) is 7.25. The Morgan fingerprint density at radius 2 is 2.19 bits per heavy atom. The molecule has 140 valence electrons. The number of rotatable bonds is 8. The van der Waals surface area contributed by atoms with E-state index in [1.165, 1.54) is 0 Å². The molecular formula is C20H29NaO5. The molecule has 2 fully saturated rings. The van der Waals surface area contributed by atoms with Gasteiger partial charge in [0.1, 0.15) is 12.2 Å². The van der Waals surface area contributed by atoms with E-state index in [1.54, 1.807) is 0 Å². The number of hydrogen-bond acceptors (Lipinski definition) is 5. The van der Waals surface area contributed by atoms with E-state index in [-0.39, 0.29) is 53.9 Å². The molecule has 0 bridgehead atoms. The van der Waals surface area contributed by atoms with Crippen molar-refractivity contribution in [3.8, 4) is 11.8 Å². The van der Waals surface area contributed by atoms with Crippen LogP contribution in [0.4, 0.5) is 0 Å². The number of carbonyl (C=O) groups excluding carboxylic acids is 1. The van der Waals surface area contributed by atoms with Crippen molar-refractivity contribution in [2.75, 3.05) is 0 Å². The Labute approximate surface area is 178 Å². The maximum atomic E-state index is 10.4. The summed E-state index contributed by atoms with van der Waals surface area (Å²) in [6, 6.07) is 0. The molecule has 1 aliphatic heterocycles. The van der Waals surface area contributed by atoms with Gasteiger partial charge in [-0.05, 0) is 38.2 Å². The van der Waals surface area contributed by atoms with Crippen molar-refractivity contribution in [2.45, 2.75) is 83.0 Å². The van der Waals surface area contributed by atoms with E-state index in [0.29, 0.717) is 25.7 Å². The van der Waals surface area contributed by atoms with Crippen LogP contribution in [0.3, 0.4) is 0 Å². The zero-order valence-electron chi connectivity index (χ0n) is 15.9. The van der Waals surface area contributed by atoms with Gasteiger partial charge in [-0.3, -0.25) is 0 Å². The molecule has 1 saturated heterocycles. The summed E-state index contributed by atoms with van der Waals surface area (Å²) in [6.45, 7) is 2.12. The van der Waals surface area contributed by atoms with E-state index >= 15 is 0 Å². The van der Waals surface area contributed by atoms with E-state index in [0.717, 1.165) is 31.4 Å². The molecular weight excluding hydrogens is 343 g/mol. The molecule has 1 aliphatic carbocycles. The van der Waals surface area contributed by atoms with Crippen molar-refractivity contribution in [3.63, 3.8) is 0 Å². The van der Waals surface area contributed by atoms with Crippen LogP contribution in [-0.2, 0) is 9.53 Å². The number of hydrogen-bond donors (Lipinski definition) is 2. The zero-order valence-corrected chi connectivity index (χ0v) is 17.9. The normalized spacial score (nSPS) is 29.3. The van der Waals surface area contributed by atoms with Gasteiger partial charge >= 0.3 is 29.6 Å². The fourth-order valence-corrected chi connectivity index (χ4v) is 3.64. The standard InChI is InChI=1S/C20H30O5.Na/c1-2-3-4-7-14(21)10-11-16-17-12-15(8-5-6-9-20(23)24)25-19(17)13-18(16)22;/h8,14,16-19,21-22H,2-7,9,12-13H2,1H3,(H,23,24);/q;+1/p-1/b15-8-;/t14-,16+,17+,18+,19-;/m0./s1. The molecule has 5 nitrogen and oxygen atoms in total. The number of aliphatic carboxylic acids is 1. The second-order valence-electron chi connectivity index (χ2n) is 7.09. The van der Waals surface area contributed by atoms with E-state index in [9.17, 15) is 20.1 Å². The first-order chi connectivity index (χ1) is 12.0. The second kappa shape index (κ2) is 12.0. The Kier molecular flexibility index (Phi) is 10.9. The van der Waals surface area contributed by atoms with Crippen LogP contribution in [0.1, 0.15) is 64.7 Å². The number of ether oxygens (including phenoxy) is 1. The molecule has 1 heterocycles. The number of aliphatic hydroxyl groups excluding tert-OH is 2. The summed E-state index contributed by atoms with van der Waals surface area (Å²) >= 11 is 0. The number of carbonyl (C=O) groups is 1. The first kappa shape index (κ1) is 23.5. The molecule has 0 amide bonds. The monoisotopic (exact) mass is 372 g/mol. The van der Waals surface area contributed by atoms with Crippen LogP contribution in [-0.4, -0.2) is 34.5 Å². The van der Waals surface area contributed by atoms with Crippen molar-refractivity contribution < 1.29 is 54.4 Å². The number of aliphatic hydroxyl groups is 2. The average molecular weight is 372 g/mol. The van der Waals surface area contributed by atoms with Crippen LogP contribution >= 0.6 is 0 Å². The van der Waals surface area contributed by atoms with Crippen molar-refractivity contribution in [3.05, 3.63) is 11.8 Å². The summed E-state index contributed by atoms with van der Waals surface area (Å²) in [7, 11) is 0. The van der Waals surface area contributed by atoms with E-state index < -0.39 is 18.2 Å². The summed E-state index contributed by atoms with van der Waals surface area (Å²) in [5, 5.41) is 30.6.